The van der Waals surface area contributed by atoms with Gasteiger partial charge in [0.1, 0.15) is 0 Å². The molecule has 0 spiro atoms. The molecule has 1 aromatic carbocycles. The van der Waals surface area contributed by atoms with Gasteiger partial charge >= 0.3 is 0 Å². The summed E-state index contributed by atoms with van der Waals surface area (Å²) in [6, 6.07) is 6.42. The Bertz CT molecular complexity index is 596. The number of nitrogens with two attached hydrogens (primary N) is 1. The zero-order chi connectivity index (χ0) is 14.7. The van der Waals surface area contributed by atoms with Gasteiger partial charge < -0.3 is 5.73 Å². The lowest BCUT2D eigenvalue weighted by atomic mass is 9.96. The van der Waals surface area contributed by atoms with Crippen molar-refractivity contribution in [3.05, 3.63) is 23.8 Å². The molecule has 5 heteroatoms. The molecule has 1 fully saturated rings. The lowest BCUT2D eigenvalue weighted by Crippen LogP contribution is -2.14. The minimum Gasteiger partial charge on any atom is -0.398 e. The molecule has 0 bridgehead atoms. The highest BCUT2D eigenvalue weighted by molar-refractivity contribution is 5.72. The molecule has 2 aromatic rings. The summed E-state index contributed by atoms with van der Waals surface area (Å²) in [5, 5.41) is 12.4. The van der Waals surface area contributed by atoms with Gasteiger partial charge in [-0.25, -0.2) is 4.68 Å². The first kappa shape index (κ1) is 14.0. The summed E-state index contributed by atoms with van der Waals surface area (Å²) in [6.07, 6.45) is 8.83. The maximum absolute atomic E-state index is 6.13. The molecular weight excluding hydrogens is 262 g/mol. The summed E-state index contributed by atoms with van der Waals surface area (Å²) in [7, 11) is 0. The van der Waals surface area contributed by atoms with E-state index in [1.54, 1.807) is 0 Å². The average molecular weight is 285 g/mol. The number of aromatic nitrogens is 4. The summed E-state index contributed by atoms with van der Waals surface area (Å²) < 4.78 is 2.00. The van der Waals surface area contributed by atoms with Crippen LogP contribution < -0.4 is 5.73 Å². The molecule has 5 nitrogen and oxygen atoms in total. The molecule has 1 aromatic heterocycles. The molecule has 1 aliphatic carbocycles. The van der Waals surface area contributed by atoms with Crippen LogP contribution in [0.3, 0.4) is 0 Å². The number of aryl methyl sites for hydroxylation is 1. The van der Waals surface area contributed by atoms with Gasteiger partial charge in [-0.3, -0.25) is 0 Å². The van der Waals surface area contributed by atoms with Gasteiger partial charge in [0, 0.05) is 11.3 Å². The van der Waals surface area contributed by atoms with Crippen molar-refractivity contribution in [3.63, 3.8) is 0 Å². The second kappa shape index (κ2) is 6.24. The summed E-state index contributed by atoms with van der Waals surface area (Å²) in [6.45, 7) is 2.06. The van der Waals surface area contributed by atoms with E-state index in [4.69, 9.17) is 5.73 Å². The van der Waals surface area contributed by atoms with Crippen LogP contribution in [0.25, 0.3) is 11.4 Å². The fourth-order valence-corrected chi connectivity index (χ4v) is 3.16. The van der Waals surface area contributed by atoms with Gasteiger partial charge in [0.25, 0.3) is 0 Å². The number of benzene rings is 1. The second-order valence-electron chi connectivity index (χ2n) is 6.04. The number of anilines is 1. The summed E-state index contributed by atoms with van der Waals surface area (Å²) in [5.74, 6) is 0.807. The lowest BCUT2D eigenvalue weighted by Gasteiger charge is -2.21. The van der Waals surface area contributed by atoms with Crippen molar-refractivity contribution in [1.29, 1.82) is 0 Å². The van der Waals surface area contributed by atoms with E-state index in [9.17, 15) is 0 Å². The van der Waals surface area contributed by atoms with E-state index in [2.05, 4.69) is 28.5 Å². The molecule has 0 saturated heterocycles. The maximum atomic E-state index is 6.13. The van der Waals surface area contributed by atoms with Crippen molar-refractivity contribution < 1.29 is 0 Å². The van der Waals surface area contributed by atoms with Crippen LogP contribution in [0.5, 0.6) is 0 Å². The van der Waals surface area contributed by atoms with Gasteiger partial charge in [-0.1, -0.05) is 43.7 Å². The van der Waals surface area contributed by atoms with Gasteiger partial charge in [0.2, 0.25) is 0 Å². The van der Waals surface area contributed by atoms with Crippen molar-refractivity contribution in [2.45, 2.75) is 57.9 Å². The van der Waals surface area contributed by atoms with E-state index in [0.29, 0.717) is 6.04 Å². The topological polar surface area (TPSA) is 69.6 Å². The van der Waals surface area contributed by atoms with E-state index < -0.39 is 0 Å². The molecule has 1 saturated carbocycles. The minimum atomic E-state index is 0.398. The Morgan fingerprint density at radius 1 is 1.10 bits per heavy atom. The highest BCUT2D eigenvalue weighted by Crippen LogP contribution is 2.31. The molecule has 0 unspecified atom stereocenters. The molecule has 1 aliphatic rings. The van der Waals surface area contributed by atoms with Gasteiger partial charge in [-0.15, -0.1) is 5.10 Å². The predicted octanol–water partition coefficient (Wildman–Crippen LogP) is 3.52. The highest BCUT2D eigenvalue weighted by Gasteiger charge is 2.20. The normalized spacial score (nSPS) is 17.4. The standard InChI is InChI=1S/C16H23N5/c1-12-9-10-15(17)14(11-12)16-18-19-20-21(16)13-7-5-3-2-4-6-8-13/h9-11,13H,2-8,17H2,1H3. The molecule has 0 radical (unpaired) electrons. The number of hydrogen-bond donors (Lipinski definition) is 1. The van der Waals surface area contributed by atoms with Crippen LogP contribution in [-0.4, -0.2) is 20.2 Å². The van der Waals surface area contributed by atoms with Crippen LogP contribution in [0.15, 0.2) is 18.2 Å². The molecular formula is C16H23N5. The van der Waals surface area contributed by atoms with Crippen molar-refractivity contribution in [3.8, 4) is 11.4 Å². The maximum Gasteiger partial charge on any atom is 0.184 e. The fraction of sp³-hybridized carbons (Fsp3) is 0.562. The zero-order valence-corrected chi connectivity index (χ0v) is 12.6. The average Bonchev–Trinajstić information content (AvgIpc) is 2.90. The first-order chi connectivity index (χ1) is 10.3. The third kappa shape index (κ3) is 3.06. The van der Waals surface area contributed by atoms with E-state index in [1.807, 2.05) is 16.8 Å². The summed E-state index contributed by atoms with van der Waals surface area (Å²) in [4.78, 5) is 0. The fourth-order valence-electron chi connectivity index (χ4n) is 3.16. The molecule has 2 N–H and O–H groups in total. The van der Waals surface area contributed by atoms with Crippen LogP contribution in [0, 0.1) is 6.92 Å². The summed E-state index contributed by atoms with van der Waals surface area (Å²) in [5.41, 5.74) is 8.98. The molecule has 112 valence electrons. The third-order valence-corrected chi connectivity index (χ3v) is 4.36. The Kier molecular flexibility index (Phi) is 4.18. The van der Waals surface area contributed by atoms with Crippen molar-refractivity contribution in [1.82, 2.24) is 20.2 Å². The van der Waals surface area contributed by atoms with Crippen molar-refractivity contribution >= 4 is 5.69 Å². The molecule has 0 atom stereocenters. The van der Waals surface area contributed by atoms with Crippen molar-refractivity contribution in [2.24, 2.45) is 0 Å². The molecule has 0 amide bonds. The Balaban J connectivity index is 1.94. The smallest absolute Gasteiger partial charge is 0.184 e. The van der Waals surface area contributed by atoms with E-state index in [-0.39, 0.29) is 0 Å². The number of rotatable bonds is 2. The van der Waals surface area contributed by atoms with Gasteiger partial charge in [0.05, 0.1) is 6.04 Å². The number of nitrogens with zero attached hydrogens (tertiary/aromatic N) is 4. The predicted molar refractivity (Wildman–Crippen MR) is 83.8 cm³/mol. The monoisotopic (exact) mass is 285 g/mol. The SMILES string of the molecule is Cc1ccc(N)c(-c2nnnn2C2CCCCCCC2)c1. The van der Waals surface area contributed by atoms with Crippen molar-refractivity contribution in [2.75, 3.05) is 5.73 Å². The highest BCUT2D eigenvalue weighted by atomic mass is 15.5. The van der Waals surface area contributed by atoms with Crippen LogP contribution in [0.2, 0.25) is 0 Å². The summed E-state index contributed by atoms with van der Waals surface area (Å²) >= 11 is 0. The lowest BCUT2D eigenvalue weighted by molar-refractivity contribution is 0.345. The molecule has 1 heterocycles. The minimum absolute atomic E-state index is 0.398. The van der Waals surface area contributed by atoms with E-state index in [0.717, 1.165) is 29.9 Å². The first-order valence-electron chi connectivity index (χ1n) is 7.90. The van der Waals surface area contributed by atoms with Gasteiger partial charge in [-0.05, 0) is 42.3 Å². The van der Waals surface area contributed by atoms with Crippen LogP contribution >= 0.6 is 0 Å². The van der Waals surface area contributed by atoms with Gasteiger partial charge in [0.15, 0.2) is 5.82 Å². The Labute approximate surface area is 125 Å². The Hall–Kier alpha value is -1.91. The van der Waals surface area contributed by atoms with Gasteiger partial charge in [-0.2, -0.15) is 0 Å². The van der Waals surface area contributed by atoms with Crippen LogP contribution in [0.1, 0.15) is 56.6 Å². The Morgan fingerprint density at radius 3 is 2.57 bits per heavy atom. The number of nitrogen functional groups attached to an aromatic ring is 1. The largest absolute Gasteiger partial charge is 0.398 e. The zero-order valence-electron chi connectivity index (χ0n) is 12.6. The second-order valence-corrected chi connectivity index (χ2v) is 6.04. The molecule has 3 rings (SSSR count). The molecule has 0 aliphatic heterocycles. The number of hydrogen-bond acceptors (Lipinski definition) is 4. The number of tetrazole rings is 1. The molecule has 21 heavy (non-hydrogen) atoms. The van der Waals surface area contributed by atoms with E-state index >= 15 is 0 Å². The third-order valence-electron chi connectivity index (χ3n) is 4.36. The van der Waals surface area contributed by atoms with Crippen LogP contribution in [0.4, 0.5) is 5.69 Å². The van der Waals surface area contributed by atoms with E-state index in [1.165, 1.54) is 37.7 Å². The first-order valence-corrected chi connectivity index (χ1v) is 7.90. The van der Waals surface area contributed by atoms with Crippen LogP contribution in [-0.2, 0) is 0 Å². The Morgan fingerprint density at radius 2 is 1.81 bits per heavy atom. The quantitative estimate of drug-likeness (QED) is 0.857.